The van der Waals surface area contributed by atoms with Crippen molar-refractivity contribution in [3.63, 3.8) is 0 Å². The van der Waals surface area contributed by atoms with Crippen molar-refractivity contribution in [3.05, 3.63) is 51.9 Å². The van der Waals surface area contributed by atoms with Gasteiger partial charge in [-0.3, -0.25) is 0 Å². The lowest BCUT2D eigenvalue weighted by molar-refractivity contribution is 0.472. The third-order valence-electron chi connectivity index (χ3n) is 2.54. The number of aromatic hydroxyl groups is 1. The Labute approximate surface area is 99.0 Å². The molecule has 0 spiro atoms. The van der Waals surface area contributed by atoms with Crippen LogP contribution in [-0.2, 0) is 6.42 Å². The fraction of sp³-hybridized carbons (Fsp3) is 0.214. The molecular weight excluding hydrogens is 216 g/mol. The minimum absolute atomic E-state index is 0.115. The molecule has 0 aliphatic rings. The van der Waals surface area contributed by atoms with Gasteiger partial charge in [-0.25, -0.2) is 4.79 Å². The van der Waals surface area contributed by atoms with Crippen LogP contribution in [0.15, 0.2) is 45.1 Å². The molecule has 0 aliphatic heterocycles. The van der Waals surface area contributed by atoms with Gasteiger partial charge in [-0.2, -0.15) is 0 Å². The van der Waals surface area contributed by atoms with E-state index in [1.54, 1.807) is 12.1 Å². The fourth-order valence-electron chi connectivity index (χ4n) is 1.72. The molecule has 0 saturated heterocycles. The molecule has 0 bridgehead atoms. The van der Waals surface area contributed by atoms with Gasteiger partial charge in [-0.15, -0.1) is 0 Å². The van der Waals surface area contributed by atoms with Gasteiger partial charge in [0, 0.05) is 17.5 Å². The van der Waals surface area contributed by atoms with E-state index in [4.69, 9.17) is 4.42 Å². The predicted octanol–water partition coefficient (Wildman–Crippen LogP) is 3.01. The van der Waals surface area contributed by atoms with E-state index in [0.717, 1.165) is 10.9 Å². The summed E-state index contributed by atoms with van der Waals surface area (Å²) in [5.41, 5.74) is 2.18. The number of fused-ring (bicyclic) bond motifs is 1. The Bertz CT molecular complexity index is 631. The molecule has 0 saturated carbocycles. The van der Waals surface area contributed by atoms with Gasteiger partial charge in [0.15, 0.2) is 0 Å². The lowest BCUT2D eigenvalue weighted by Gasteiger charge is -2.04. The Morgan fingerprint density at radius 1 is 1.35 bits per heavy atom. The standard InChI is InChI=1S/C14H14O3/c1-9(2)3-4-10-7-11(15)8-13-12(10)5-6-14(16)17-13/h3,5-8,15H,4H2,1-2H3. The van der Waals surface area contributed by atoms with Crippen LogP contribution >= 0.6 is 0 Å². The highest BCUT2D eigenvalue weighted by Crippen LogP contribution is 2.24. The molecule has 1 heterocycles. The van der Waals surface area contributed by atoms with E-state index in [0.29, 0.717) is 12.0 Å². The first-order chi connectivity index (χ1) is 8.06. The number of phenols is 1. The van der Waals surface area contributed by atoms with E-state index in [-0.39, 0.29) is 5.75 Å². The van der Waals surface area contributed by atoms with E-state index in [1.165, 1.54) is 17.7 Å². The molecule has 3 heteroatoms. The quantitative estimate of drug-likeness (QED) is 0.637. The van der Waals surface area contributed by atoms with E-state index in [2.05, 4.69) is 6.08 Å². The Morgan fingerprint density at radius 2 is 2.12 bits per heavy atom. The van der Waals surface area contributed by atoms with Crippen molar-refractivity contribution in [2.75, 3.05) is 0 Å². The summed E-state index contributed by atoms with van der Waals surface area (Å²) in [5, 5.41) is 10.4. The Morgan fingerprint density at radius 3 is 2.82 bits per heavy atom. The maximum absolute atomic E-state index is 11.1. The van der Waals surface area contributed by atoms with Crippen molar-refractivity contribution in [2.45, 2.75) is 20.3 Å². The van der Waals surface area contributed by atoms with Crippen LogP contribution in [0.5, 0.6) is 5.75 Å². The zero-order chi connectivity index (χ0) is 12.4. The van der Waals surface area contributed by atoms with Crippen LogP contribution in [0.1, 0.15) is 19.4 Å². The molecular formula is C14H14O3. The average Bonchev–Trinajstić information content (AvgIpc) is 2.24. The van der Waals surface area contributed by atoms with E-state index < -0.39 is 5.63 Å². The molecule has 0 amide bonds. The highest BCUT2D eigenvalue weighted by atomic mass is 16.4. The van der Waals surface area contributed by atoms with Gasteiger partial charge in [-0.1, -0.05) is 11.6 Å². The molecule has 0 aliphatic carbocycles. The first kappa shape index (κ1) is 11.5. The largest absolute Gasteiger partial charge is 0.508 e. The van der Waals surface area contributed by atoms with Crippen molar-refractivity contribution in [3.8, 4) is 5.75 Å². The van der Waals surface area contributed by atoms with Crippen LogP contribution < -0.4 is 5.63 Å². The number of phenolic OH excluding ortho intramolecular Hbond substituents is 1. The predicted molar refractivity (Wildman–Crippen MR) is 67.3 cm³/mol. The lowest BCUT2D eigenvalue weighted by atomic mass is 10.0. The number of benzene rings is 1. The Hall–Kier alpha value is -2.03. The van der Waals surface area contributed by atoms with Crippen LogP contribution in [0.2, 0.25) is 0 Å². The summed E-state index contributed by atoms with van der Waals surface area (Å²) in [4.78, 5) is 11.1. The smallest absolute Gasteiger partial charge is 0.336 e. The Kier molecular flexibility index (Phi) is 3.00. The minimum atomic E-state index is -0.406. The van der Waals surface area contributed by atoms with Gasteiger partial charge in [0.05, 0.1) is 0 Å². The molecule has 0 fully saturated rings. The summed E-state index contributed by atoms with van der Waals surface area (Å²) in [6, 6.07) is 6.28. The minimum Gasteiger partial charge on any atom is -0.508 e. The second-order valence-electron chi connectivity index (χ2n) is 4.26. The normalized spacial score (nSPS) is 10.5. The molecule has 1 aromatic carbocycles. The van der Waals surface area contributed by atoms with Crippen molar-refractivity contribution in [2.24, 2.45) is 0 Å². The molecule has 17 heavy (non-hydrogen) atoms. The molecule has 0 unspecified atom stereocenters. The first-order valence-corrected chi connectivity index (χ1v) is 5.45. The molecule has 2 rings (SSSR count). The SMILES string of the molecule is CC(C)=CCc1cc(O)cc2oc(=O)ccc12. The van der Waals surface area contributed by atoms with Gasteiger partial charge < -0.3 is 9.52 Å². The van der Waals surface area contributed by atoms with Crippen LogP contribution in [0.25, 0.3) is 11.0 Å². The molecule has 3 nitrogen and oxygen atoms in total. The van der Waals surface area contributed by atoms with E-state index in [1.807, 2.05) is 13.8 Å². The monoisotopic (exact) mass is 230 g/mol. The number of hydrogen-bond acceptors (Lipinski definition) is 3. The molecule has 1 N–H and O–H groups in total. The third-order valence-corrected chi connectivity index (χ3v) is 2.54. The van der Waals surface area contributed by atoms with Gasteiger partial charge in [-0.05, 0) is 38.0 Å². The molecule has 0 radical (unpaired) electrons. The highest BCUT2D eigenvalue weighted by molar-refractivity contribution is 5.82. The van der Waals surface area contributed by atoms with E-state index in [9.17, 15) is 9.90 Å². The summed E-state index contributed by atoms with van der Waals surface area (Å²) in [5.74, 6) is 0.115. The summed E-state index contributed by atoms with van der Waals surface area (Å²) in [6.45, 7) is 4.04. The zero-order valence-corrected chi connectivity index (χ0v) is 9.86. The molecule has 1 aromatic heterocycles. The Balaban J connectivity index is 2.61. The first-order valence-electron chi connectivity index (χ1n) is 5.45. The summed E-state index contributed by atoms with van der Waals surface area (Å²) < 4.78 is 5.05. The fourth-order valence-corrected chi connectivity index (χ4v) is 1.72. The van der Waals surface area contributed by atoms with Crippen molar-refractivity contribution >= 4 is 11.0 Å². The number of allylic oxidation sites excluding steroid dienone is 2. The maximum Gasteiger partial charge on any atom is 0.336 e. The van der Waals surface area contributed by atoms with Gasteiger partial charge in [0.25, 0.3) is 0 Å². The summed E-state index contributed by atoms with van der Waals surface area (Å²) >= 11 is 0. The van der Waals surface area contributed by atoms with Gasteiger partial charge in [0.1, 0.15) is 11.3 Å². The van der Waals surface area contributed by atoms with Gasteiger partial charge >= 0.3 is 5.63 Å². The third kappa shape index (κ3) is 2.56. The van der Waals surface area contributed by atoms with Crippen LogP contribution in [0.4, 0.5) is 0 Å². The summed E-state index contributed by atoms with van der Waals surface area (Å²) in [6.07, 6.45) is 2.78. The van der Waals surface area contributed by atoms with Crippen molar-refractivity contribution < 1.29 is 9.52 Å². The second kappa shape index (κ2) is 4.45. The number of rotatable bonds is 2. The van der Waals surface area contributed by atoms with Gasteiger partial charge in [0.2, 0.25) is 0 Å². The zero-order valence-electron chi connectivity index (χ0n) is 9.86. The molecule has 2 aromatic rings. The lowest BCUT2D eigenvalue weighted by Crippen LogP contribution is -1.96. The van der Waals surface area contributed by atoms with Crippen molar-refractivity contribution in [1.29, 1.82) is 0 Å². The van der Waals surface area contributed by atoms with Crippen LogP contribution in [0, 0.1) is 0 Å². The molecule has 0 atom stereocenters. The van der Waals surface area contributed by atoms with Crippen molar-refractivity contribution in [1.82, 2.24) is 0 Å². The highest BCUT2D eigenvalue weighted by Gasteiger charge is 2.05. The average molecular weight is 230 g/mol. The van der Waals surface area contributed by atoms with Crippen LogP contribution in [-0.4, -0.2) is 5.11 Å². The summed E-state index contributed by atoms with van der Waals surface area (Å²) in [7, 11) is 0. The van der Waals surface area contributed by atoms with E-state index >= 15 is 0 Å². The molecule has 88 valence electrons. The number of hydrogen-bond donors (Lipinski definition) is 1. The second-order valence-corrected chi connectivity index (χ2v) is 4.26. The maximum atomic E-state index is 11.1. The van der Waals surface area contributed by atoms with Crippen LogP contribution in [0.3, 0.4) is 0 Å². The topological polar surface area (TPSA) is 50.4 Å².